The van der Waals surface area contributed by atoms with Gasteiger partial charge in [-0.2, -0.15) is 15.4 Å². The summed E-state index contributed by atoms with van der Waals surface area (Å²) in [7, 11) is 0. The fourth-order valence-electron chi connectivity index (χ4n) is 1.38. The van der Waals surface area contributed by atoms with E-state index in [0.717, 1.165) is 5.56 Å². The van der Waals surface area contributed by atoms with E-state index in [9.17, 15) is 9.90 Å². The van der Waals surface area contributed by atoms with Crippen molar-refractivity contribution in [2.75, 3.05) is 5.32 Å². The molecular weight excluding hydrogens is 220 g/mol. The first-order valence-electron chi connectivity index (χ1n) is 5.12. The molecule has 3 N–H and O–H groups in total. The topological polar surface area (TPSA) is 90.9 Å². The smallest absolute Gasteiger partial charge is 0.277 e. The standard InChI is InChI=1S/C11H12N4O2/c1-7(16)8-3-2-4-9(5-8)13-11(17)10-6-12-15-14-10/h2-7,16H,1H3,(H,13,17)(H,12,14,15). The molecule has 0 aliphatic rings. The molecule has 88 valence electrons. The molecule has 1 aromatic heterocycles. The third-order valence-corrected chi connectivity index (χ3v) is 2.27. The van der Waals surface area contributed by atoms with Gasteiger partial charge >= 0.3 is 0 Å². The highest BCUT2D eigenvalue weighted by molar-refractivity contribution is 6.02. The van der Waals surface area contributed by atoms with E-state index in [2.05, 4.69) is 20.7 Å². The van der Waals surface area contributed by atoms with E-state index in [1.807, 2.05) is 0 Å². The first-order valence-corrected chi connectivity index (χ1v) is 5.12. The second-order valence-electron chi connectivity index (χ2n) is 3.61. The van der Waals surface area contributed by atoms with Crippen LogP contribution in [0.4, 0.5) is 5.69 Å². The molecule has 17 heavy (non-hydrogen) atoms. The summed E-state index contributed by atoms with van der Waals surface area (Å²) in [5.74, 6) is -0.346. The monoisotopic (exact) mass is 232 g/mol. The van der Waals surface area contributed by atoms with Gasteiger partial charge in [-0.1, -0.05) is 12.1 Å². The number of H-pyrrole nitrogens is 1. The molecule has 0 bridgehead atoms. The Morgan fingerprint density at radius 1 is 1.53 bits per heavy atom. The molecule has 1 heterocycles. The molecule has 1 aromatic carbocycles. The van der Waals surface area contributed by atoms with Gasteiger partial charge < -0.3 is 10.4 Å². The number of aliphatic hydroxyl groups is 1. The Bertz CT molecular complexity index is 508. The van der Waals surface area contributed by atoms with Crippen LogP contribution in [0.3, 0.4) is 0 Å². The third-order valence-electron chi connectivity index (χ3n) is 2.27. The summed E-state index contributed by atoms with van der Waals surface area (Å²) in [6, 6.07) is 7.00. The summed E-state index contributed by atoms with van der Waals surface area (Å²) in [5, 5.41) is 21.7. The Kier molecular flexibility index (Phi) is 3.15. The minimum Gasteiger partial charge on any atom is -0.389 e. The largest absolute Gasteiger partial charge is 0.389 e. The normalized spacial score (nSPS) is 12.1. The number of nitrogens with zero attached hydrogens (tertiary/aromatic N) is 2. The molecule has 2 aromatic rings. The van der Waals surface area contributed by atoms with Crippen LogP contribution in [0.15, 0.2) is 30.5 Å². The van der Waals surface area contributed by atoms with Crippen LogP contribution in [-0.2, 0) is 0 Å². The molecule has 1 unspecified atom stereocenters. The molecule has 0 fully saturated rings. The van der Waals surface area contributed by atoms with E-state index in [1.54, 1.807) is 31.2 Å². The second kappa shape index (κ2) is 4.75. The lowest BCUT2D eigenvalue weighted by molar-refractivity contribution is 0.102. The second-order valence-corrected chi connectivity index (χ2v) is 3.61. The number of carbonyl (C=O) groups is 1. The highest BCUT2D eigenvalue weighted by Crippen LogP contribution is 2.17. The zero-order chi connectivity index (χ0) is 12.3. The molecule has 0 saturated heterocycles. The Morgan fingerprint density at radius 3 is 3.00 bits per heavy atom. The Balaban J connectivity index is 2.14. The first kappa shape index (κ1) is 11.3. The molecule has 0 aliphatic carbocycles. The van der Waals surface area contributed by atoms with Crippen LogP contribution in [0.5, 0.6) is 0 Å². The highest BCUT2D eigenvalue weighted by atomic mass is 16.3. The molecule has 1 amide bonds. The van der Waals surface area contributed by atoms with Crippen LogP contribution >= 0.6 is 0 Å². The fraction of sp³-hybridized carbons (Fsp3) is 0.182. The van der Waals surface area contributed by atoms with E-state index in [0.29, 0.717) is 5.69 Å². The summed E-state index contributed by atoms with van der Waals surface area (Å²) in [6.07, 6.45) is 0.771. The van der Waals surface area contributed by atoms with Gasteiger partial charge in [-0.3, -0.25) is 4.79 Å². The molecule has 0 spiro atoms. The molecule has 0 saturated carbocycles. The molecule has 2 rings (SSSR count). The summed E-state index contributed by atoms with van der Waals surface area (Å²) < 4.78 is 0. The quantitative estimate of drug-likeness (QED) is 0.739. The minimum atomic E-state index is -0.570. The number of benzene rings is 1. The number of aliphatic hydroxyl groups excluding tert-OH is 1. The van der Waals surface area contributed by atoms with Crippen molar-refractivity contribution >= 4 is 11.6 Å². The summed E-state index contributed by atoms with van der Waals surface area (Å²) in [5.41, 5.74) is 1.56. The van der Waals surface area contributed by atoms with Gasteiger partial charge in [0.1, 0.15) is 0 Å². The lowest BCUT2D eigenvalue weighted by Gasteiger charge is -2.07. The molecular formula is C11H12N4O2. The van der Waals surface area contributed by atoms with Gasteiger partial charge in [0.05, 0.1) is 12.3 Å². The van der Waals surface area contributed by atoms with Crippen molar-refractivity contribution in [3.63, 3.8) is 0 Å². The molecule has 6 nitrogen and oxygen atoms in total. The van der Waals surface area contributed by atoms with Crippen LogP contribution in [0.1, 0.15) is 29.1 Å². The number of hydrogen-bond acceptors (Lipinski definition) is 4. The van der Waals surface area contributed by atoms with Gasteiger partial charge in [-0.05, 0) is 24.6 Å². The van der Waals surface area contributed by atoms with Crippen molar-refractivity contribution in [2.24, 2.45) is 0 Å². The maximum atomic E-state index is 11.7. The van der Waals surface area contributed by atoms with Gasteiger partial charge in [0.25, 0.3) is 5.91 Å². The van der Waals surface area contributed by atoms with Crippen molar-refractivity contribution in [3.8, 4) is 0 Å². The molecule has 1 atom stereocenters. The highest BCUT2D eigenvalue weighted by Gasteiger charge is 2.09. The molecule has 6 heteroatoms. The van der Waals surface area contributed by atoms with Crippen LogP contribution in [0, 0.1) is 0 Å². The number of nitrogens with one attached hydrogen (secondary N) is 2. The van der Waals surface area contributed by atoms with Crippen molar-refractivity contribution < 1.29 is 9.90 Å². The van der Waals surface area contributed by atoms with Crippen molar-refractivity contribution in [1.29, 1.82) is 0 Å². The van der Waals surface area contributed by atoms with Crippen LogP contribution in [0.2, 0.25) is 0 Å². The van der Waals surface area contributed by atoms with E-state index in [1.165, 1.54) is 6.20 Å². The minimum absolute atomic E-state index is 0.215. The van der Waals surface area contributed by atoms with Crippen molar-refractivity contribution in [1.82, 2.24) is 15.4 Å². The maximum absolute atomic E-state index is 11.7. The lowest BCUT2D eigenvalue weighted by atomic mass is 10.1. The molecule has 0 radical (unpaired) electrons. The SMILES string of the molecule is CC(O)c1cccc(NC(=O)c2cn[nH]n2)c1. The molecule has 0 aliphatic heterocycles. The number of carbonyl (C=O) groups excluding carboxylic acids is 1. The van der Waals surface area contributed by atoms with Gasteiger partial charge in [0.15, 0.2) is 5.69 Å². The average Bonchev–Trinajstić information content (AvgIpc) is 2.82. The number of rotatable bonds is 3. The van der Waals surface area contributed by atoms with Crippen LogP contribution in [-0.4, -0.2) is 26.4 Å². The predicted octanol–water partition coefficient (Wildman–Crippen LogP) is 1.11. The maximum Gasteiger partial charge on any atom is 0.277 e. The number of aromatic amines is 1. The van der Waals surface area contributed by atoms with Gasteiger partial charge in [0, 0.05) is 5.69 Å². The fourth-order valence-corrected chi connectivity index (χ4v) is 1.38. The van der Waals surface area contributed by atoms with Crippen LogP contribution in [0.25, 0.3) is 0 Å². The Morgan fingerprint density at radius 2 is 2.35 bits per heavy atom. The average molecular weight is 232 g/mol. The first-order chi connectivity index (χ1) is 8.16. The number of hydrogen-bond donors (Lipinski definition) is 3. The lowest BCUT2D eigenvalue weighted by Crippen LogP contribution is -2.12. The van der Waals surface area contributed by atoms with E-state index in [-0.39, 0.29) is 11.6 Å². The van der Waals surface area contributed by atoms with Crippen molar-refractivity contribution in [3.05, 3.63) is 41.7 Å². The predicted molar refractivity (Wildman–Crippen MR) is 61.4 cm³/mol. The third kappa shape index (κ3) is 2.67. The zero-order valence-corrected chi connectivity index (χ0v) is 9.21. The number of anilines is 1. The Hall–Kier alpha value is -2.21. The Labute approximate surface area is 97.7 Å². The van der Waals surface area contributed by atoms with Crippen molar-refractivity contribution in [2.45, 2.75) is 13.0 Å². The van der Waals surface area contributed by atoms with Gasteiger partial charge in [-0.25, -0.2) is 0 Å². The van der Waals surface area contributed by atoms with Gasteiger partial charge in [-0.15, -0.1) is 0 Å². The van der Waals surface area contributed by atoms with Crippen LogP contribution < -0.4 is 5.32 Å². The zero-order valence-electron chi connectivity index (χ0n) is 9.21. The number of amides is 1. The van der Waals surface area contributed by atoms with E-state index < -0.39 is 6.10 Å². The van der Waals surface area contributed by atoms with Gasteiger partial charge in [0.2, 0.25) is 0 Å². The van der Waals surface area contributed by atoms with E-state index >= 15 is 0 Å². The summed E-state index contributed by atoms with van der Waals surface area (Å²) >= 11 is 0. The number of aromatic nitrogens is 3. The van der Waals surface area contributed by atoms with E-state index in [4.69, 9.17) is 0 Å². The summed E-state index contributed by atoms with van der Waals surface area (Å²) in [6.45, 7) is 1.67. The summed E-state index contributed by atoms with van der Waals surface area (Å²) in [4.78, 5) is 11.7.